The van der Waals surface area contributed by atoms with Crippen LogP contribution in [-0.4, -0.2) is 38.0 Å². The molecule has 6 fully saturated rings. The highest BCUT2D eigenvalue weighted by Crippen LogP contribution is 2.42. The van der Waals surface area contributed by atoms with Gasteiger partial charge in [0.1, 0.15) is 12.2 Å². The van der Waals surface area contributed by atoms with Gasteiger partial charge in [0.15, 0.2) is 0 Å². The van der Waals surface area contributed by atoms with Crippen molar-refractivity contribution in [2.75, 3.05) is 0 Å². The first kappa shape index (κ1) is 41.5. The molecule has 0 N–H and O–H groups in total. The Hall–Kier alpha value is -3.63. The second-order valence-electron chi connectivity index (χ2n) is 19.3. The molecule has 0 aromatic carbocycles. The van der Waals surface area contributed by atoms with Crippen LogP contribution in [0.3, 0.4) is 0 Å². The van der Waals surface area contributed by atoms with Crippen molar-refractivity contribution in [1.82, 2.24) is 13.7 Å². The highest BCUT2D eigenvalue weighted by atomic mass is 16.5. The Kier molecular flexibility index (Phi) is 14.5. The molecule has 1 aromatic heterocycles. The maximum absolute atomic E-state index is 14.6. The van der Waals surface area contributed by atoms with Gasteiger partial charge < -0.3 is 9.47 Å². The molecular weight excluding hydrogens is 721 g/mol. The van der Waals surface area contributed by atoms with Crippen molar-refractivity contribution in [3.05, 3.63) is 31.5 Å². The van der Waals surface area contributed by atoms with E-state index in [1.165, 1.54) is 13.7 Å². The smallest absolute Gasteiger partial charge is 0.336 e. The molecule has 6 saturated carbocycles. The van der Waals surface area contributed by atoms with Gasteiger partial charge in [0.05, 0.1) is 6.04 Å². The molecule has 1 heterocycles. The van der Waals surface area contributed by atoms with Crippen LogP contribution in [0.1, 0.15) is 191 Å². The first-order chi connectivity index (χ1) is 27.8. The summed E-state index contributed by atoms with van der Waals surface area (Å²) in [4.78, 5) is 58.4. The van der Waals surface area contributed by atoms with E-state index < -0.39 is 0 Å². The molecule has 0 spiro atoms. The number of hydrogen-bond acceptors (Lipinski definition) is 9. The van der Waals surface area contributed by atoms with Gasteiger partial charge in [-0.05, 0) is 209 Å². The molecular formula is C45H66N6O6. The number of nitrogens with zero attached hydrogens (tertiary/aromatic N) is 6. The first-order valence-corrected chi connectivity index (χ1v) is 23.0. The molecule has 0 amide bonds. The molecule has 12 nitrogen and oxygen atoms in total. The number of ether oxygens (including phenoxy) is 2. The number of aliphatic imine (C=N–C) groups is 1. The van der Waals surface area contributed by atoms with Gasteiger partial charge in [0.2, 0.25) is 6.08 Å². The van der Waals surface area contributed by atoms with Crippen molar-refractivity contribution in [2.45, 2.75) is 210 Å². The van der Waals surface area contributed by atoms with E-state index in [4.69, 9.17) is 20.0 Å². The molecule has 1 aromatic rings. The lowest BCUT2D eigenvalue weighted by atomic mass is 9.75. The normalized spacial score (nSPS) is 36.2. The van der Waals surface area contributed by atoms with Gasteiger partial charge in [-0.1, -0.05) is 0 Å². The second kappa shape index (κ2) is 19.9. The summed E-state index contributed by atoms with van der Waals surface area (Å²) in [5.74, 6) is 3.60. The summed E-state index contributed by atoms with van der Waals surface area (Å²) in [5.41, 5.74) is -1.16. The summed E-state index contributed by atoms with van der Waals surface area (Å²) in [6.07, 6.45) is 31.8. The maximum Gasteiger partial charge on any atom is 0.336 e. The average molecular weight is 787 g/mol. The highest BCUT2D eigenvalue weighted by Gasteiger charge is 2.36. The number of rotatable bonds is 12. The van der Waals surface area contributed by atoms with E-state index >= 15 is 0 Å². The Morgan fingerprint density at radius 3 is 0.965 bits per heavy atom. The SMILES string of the molecule is N#COC1CCC(CC2CCC(n3c(=O)n(C4CCC(CC5CCC(N=C=O)CC5)CC4)c(=O)n(C4CCC(CC5CCC(OC#N)CC5)CC4)c3=O)CC2)CC1. The second-order valence-corrected chi connectivity index (χ2v) is 19.3. The summed E-state index contributed by atoms with van der Waals surface area (Å²) < 4.78 is 15.0. The van der Waals surface area contributed by atoms with E-state index in [0.717, 1.165) is 173 Å². The third kappa shape index (κ3) is 10.3. The fourth-order valence-electron chi connectivity index (χ4n) is 12.6. The molecule has 0 radical (unpaired) electrons. The van der Waals surface area contributed by atoms with E-state index in [9.17, 15) is 19.2 Å². The minimum Gasteiger partial charge on any atom is -0.424 e. The molecule has 0 unspecified atom stereocenters. The molecule has 312 valence electrons. The lowest BCUT2D eigenvalue weighted by Crippen LogP contribution is -2.58. The zero-order valence-electron chi connectivity index (χ0n) is 34.2. The molecule has 7 rings (SSSR count). The number of nitriles is 2. The largest absolute Gasteiger partial charge is 0.424 e. The van der Waals surface area contributed by atoms with E-state index in [2.05, 4.69) is 4.99 Å². The fourth-order valence-corrected chi connectivity index (χ4v) is 12.6. The Morgan fingerprint density at radius 2 is 0.702 bits per heavy atom. The number of carbonyl (C=O) groups excluding carboxylic acids is 1. The van der Waals surface area contributed by atoms with Crippen molar-refractivity contribution >= 4 is 6.08 Å². The zero-order chi connectivity index (χ0) is 39.7. The topological polar surface area (TPSA) is 161 Å². The van der Waals surface area contributed by atoms with Crippen LogP contribution < -0.4 is 17.1 Å². The van der Waals surface area contributed by atoms with Crippen LogP contribution in [0.4, 0.5) is 0 Å². The van der Waals surface area contributed by atoms with Gasteiger partial charge >= 0.3 is 17.1 Å². The summed E-state index contributed by atoms with van der Waals surface area (Å²) in [5, 5.41) is 17.8. The van der Waals surface area contributed by atoms with Crippen LogP contribution in [-0.2, 0) is 14.3 Å². The maximum atomic E-state index is 14.6. The summed E-state index contributed by atoms with van der Waals surface area (Å²) in [6.45, 7) is 0. The van der Waals surface area contributed by atoms with Gasteiger partial charge in [-0.25, -0.2) is 37.9 Å². The van der Waals surface area contributed by atoms with Crippen molar-refractivity contribution in [3.63, 3.8) is 0 Å². The lowest BCUT2D eigenvalue weighted by Gasteiger charge is -2.36. The molecule has 0 atom stereocenters. The van der Waals surface area contributed by atoms with E-state index in [0.29, 0.717) is 35.5 Å². The van der Waals surface area contributed by atoms with Gasteiger partial charge in [0.25, 0.3) is 12.5 Å². The fraction of sp³-hybridized carbons (Fsp3) is 0.867. The average Bonchev–Trinajstić information content (AvgIpc) is 3.22. The summed E-state index contributed by atoms with van der Waals surface area (Å²) in [6, 6.07) is -0.446. The van der Waals surface area contributed by atoms with Crippen molar-refractivity contribution in [1.29, 1.82) is 10.5 Å². The Balaban J connectivity index is 1.03. The van der Waals surface area contributed by atoms with Gasteiger partial charge in [-0.2, -0.15) is 10.5 Å². The first-order valence-electron chi connectivity index (χ1n) is 23.0. The molecule has 57 heavy (non-hydrogen) atoms. The Labute approximate surface area is 338 Å². The zero-order valence-corrected chi connectivity index (χ0v) is 34.2. The van der Waals surface area contributed by atoms with E-state index in [1.54, 1.807) is 6.08 Å². The predicted octanol–water partition coefficient (Wildman–Crippen LogP) is 8.54. The van der Waals surface area contributed by atoms with Crippen molar-refractivity contribution in [2.24, 2.45) is 40.5 Å². The standard InChI is InChI=1S/C45H66N6O6/c46-28-56-41-21-9-35(10-22-41)26-33-5-17-39(18-6-33)50-43(53)49(38-15-3-32(4-16-38)25-31-1-13-37(14-2-31)48-30-52)44(54)51(45(50)55)40-19-7-34(8-20-40)27-36-11-23-42(24-12-36)57-29-47/h31-42H,1-27H2. The third-order valence-electron chi connectivity index (χ3n) is 15.9. The van der Waals surface area contributed by atoms with Crippen molar-refractivity contribution < 1.29 is 14.3 Å². The number of aromatic nitrogens is 3. The molecule has 0 bridgehead atoms. The summed E-state index contributed by atoms with van der Waals surface area (Å²) >= 11 is 0. The minimum absolute atomic E-state index is 0.0590. The quantitative estimate of drug-likeness (QED) is 0.116. The van der Waals surface area contributed by atoms with Crippen LogP contribution >= 0.6 is 0 Å². The molecule has 12 heteroatoms. The molecule has 6 aliphatic rings. The van der Waals surface area contributed by atoms with Crippen LogP contribution in [0.5, 0.6) is 0 Å². The minimum atomic E-state index is -0.386. The third-order valence-corrected chi connectivity index (χ3v) is 15.9. The molecule has 0 saturated heterocycles. The van der Waals surface area contributed by atoms with Crippen LogP contribution in [0.2, 0.25) is 0 Å². The monoisotopic (exact) mass is 787 g/mol. The number of hydrogen-bond donors (Lipinski definition) is 0. The Morgan fingerprint density at radius 1 is 0.439 bits per heavy atom. The predicted molar refractivity (Wildman–Crippen MR) is 215 cm³/mol. The highest BCUT2D eigenvalue weighted by molar-refractivity contribution is 5.33. The lowest BCUT2D eigenvalue weighted by molar-refractivity contribution is 0.0896. The van der Waals surface area contributed by atoms with Crippen molar-refractivity contribution in [3.8, 4) is 12.5 Å². The van der Waals surface area contributed by atoms with Crippen LogP contribution in [0, 0.1) is 58.5 Å². The summed E-state index contributed by atoms with van der Waals surface area (Å²) in [7, 11) is 0. The van der Waals surface area contributed by atoms with Crippen LogP contribution in [0.25, 0.3) is 0 Å². The van der Waals surface area contributed by atoms with Gasteiger partial charge in [0, 0.05) is 18.1 Å². The Bertz CT molecular complexity index is 1670. The van der Waals surface area contributed by atoms with Gasteiger partial charge in [-0.15, -0.1) is 0 Å². The van der Waals surface area contributed by atoms with E-state index in [1.807, 2.05) is 12.5 Å². The number of isocyanates is 1. The van der Waals surface area contributed by atoms with Crippen LogP contribution in [0.15, 0.2) is 19.4 Å². The molecule has 6 aliphatic carbocycles. The van der Waals surface area contributed by atoms with E-state index in [-0.39, 0.29) is 53.4 Å². The molecule has 0 aliphatic heterocycles. The van der Waals surface area contributed by atoms with Gasteiger partial charge in [-0.3, -0.25) is 0 Å².